The summed E-state index contributed by atoms with van der Waals surface area (Å²) in [5, 5.41) is 8.83. The van der Waals surface area contributed by atoms with Crippen LogP contribution in [-0.4, -0.2) is 47.4 Å². The molecule has 3 N–H and O–H groups in total. The van der Waals surface area contributed by atoms with Crippen LogP contribution in [0.2, 0.25) is 10.0 Å². The van der Waals surface area contributed by atoms with Crippen molar-refractivity contribution >= 4 is 46.7 Å². The van der Waals surface area contributed by atoms with E-state index < -0.39 is 18.1 Å². The number of benzene rings is 1. The van der Waals surface area contributed by atoms with Crippen molar-refractivity contribution in [3.05, 3.63) is 28.2 Å². The Labute approximate surface area is 161 Å². The third-order valence-electron chi connectivity index (χ3n) is 4.62. The molecule has 4 amide bonds. The third kappa shape index (κ3) is 3.73. The molecule has 0 bridgehead atoms. The summed E-state index contributed by atoms with van der Waals surface area (Å²) in [4.78, 5) is 38.6. The third-order valence-corrected chi connectivity index (χ3v) is 5.25. The number of carbonyl (C=O) groups excluding carboxylic acids is 3. The molecule has 0 aliphatic carbocycles. The molecule has 2 aliphatic heterocycles. The lowest BCUT2D eigenvalue weighted by Crippen LogP contribution is -2.61. The van der Waals surface area contributed by atoms with Gasteiger partial charge in [-0.3, -0.25) is 9.59 Å². The van der Waals surface area contributed by atoms with Crippen LogP contribution in [0.25, 0.3) is 0 Å². The summed E-state index contributed by atoms with van der Waals surface area (Å²) in [7, 11) is 0. The lowest BCUT2D eigenvalue weighted by molar-refractivity contribution is -0.147. The van der Waals surface area contributed by atoms with E-state index in [1.807, 2.05) is 6.92 Å². The van der Waals surface area contributed by atoms with Gasteiger partial charge in [0.2, 0.25) is 11.8 Å². The molecule has 0 saturated carbocycles. The molecule has 2 fully saturated rings. The van der Waals surface area contributed by atoms with E-state index >= 15 is 0 Å². The smallest absolute Gasteiger partial charge is 0.319 e. The number of hydrogen-bond donors (Lipinski definition) is 3. The van der Waals surface area contributed by atoms with Crippen molar-refractivity contribution in [3.63, 3.8) is 0 Å². The van der Waals surface area contributed by atoms with Crippen LogP contribution in [0.1, 0.15) is 26.2 Å². The number of nitrogens with zero attached hydrogens (tertiary/aromatic N) is 1. The number of hydrogen-bond acceptors (Lipinski definition) is 3. The van der Waals surface area contributed by atoms with E-state index in [2.05, 4.69) is 16.0 Å². The van der Waals surface area contributed by atoms with Gasteiger partial charge >= 0.3 is 6.03 Å². The van der Waals surface area contributed by atoms with Crippen molar-refractivity contribution in [2.24, 2.45) is 0 Å². The van der Waals surface area contributed by atoms with Crippen LogP contribution >= 0.6 is 23.2 Å². The van der Waals surface area contributed by atoms with Gasteiger partial charge in [-0.15, -0.1) is 0 Å². The minimum Gasteiger partial charge on any atom is -0.343 e. The lowest BCUT2D eigenvalue weighted by atomic mass is 10.0. The number of fused-ring (bicyclic) bond motifs is 1. The minimum absolute atomic E-state index is 0.0877. The number of urea groups is 1. The molecule has 2 saturated heterocycles. The normalized spacial score (nSPS) is 24.9. The van der Waals surface area contributed by atoms with E-state index in [-0.39, 0.29) is 17.9 Å². The van der Waals surface area contributed by atoms with Gasteiger partial charge in [0, 0.05) is 6.54 Å². The quantitative estimate of drug-likeness (QED) is 0.726. The SMILES string of the molecule is CCC[C@@H]1NC(=O)[C@@H]2C[C@H](NC(=O)Nc3c(Cl)cccc3Cl)CN2C1=O. The molecule has 0 unspecified atom stereocenters. The van der Waals surface area contributed by atoms with Gasteiger partial charge in [-0.05, 0) is 25.0 Å². The number of para-hydroxylation sites is 1. The molecule has 1 aromatic rings. The van der Waals surface area contributed by atoms with E-state index in [0.29, 0.717) is 35.1 Å². The van der Waals surface area contributed by atoms with E-state index in [1.54, 1.807) is 23.1 Å². The zero-order chi connectivity index (χ0) is 18.8. The molecule has 140 valence electrons. The van der Waals surface area contributed by atoms with Gasteiger partial charge in [0.25, 0.3) is 0 Å². The number of anilines is 1. The Kier molecular flexibility index (Phi) is 5.58. The Morgan fingerprint density at radius 1 is 1.31 bits per heavy atom. The predicted molar refractivity (Wildman–Crippen MR) is 99.4 cm³/mol. The molecule has 3 rings (SSSR count). The average Bonchev–Trinajstić information content (AvgIpc) is 3.01. The van der Waals surface area contributed by atoms with E-state index in [9.17, 15) is 14.4 Å². The Morgan fingerprint density at radius 2 is 2.00 bits per heavy atom. The maximum atomic E-state index is 12.5. The molecule has 1 aromatic carbocycles. The van der Waals surface area contributed by atoms with Crippen LogP contribution < -0.4 is 16.0 Å². The van der Waals surface area contributed by atoms with Gasteiger partial charge in [0.05, 0.1) is 21.8 Å². The van der Waals surface area contributed by atoms with Crippen molar-refractivity contribution in [2.45, 2.75) is 44.3 Å². The molecule has 7 nitrogen and oxygen atoms in total. The zero-order valence-electron chi connectivity index (χ0n) is 14.2. The second-order valence-corrected chi connectivity index (χ2v) is 7.30. The first kappa shape index (κ1) is 18.8. The first-order valence-electron chi connectivity index (χ1n) is 8.53. The molecule has 9 heteroatoms. The summed E-state index contributed by atoms with van der Waals surface area (Å²) in [5.74, 6) is -0.253. The van der Waals surface area contributed by atoms with Crippen molar-refractivity contribution in [2.75, 3.05) is 11.9 Å². The molecule has 0 spiro atoms. The fourth-order valence-corrected chi connectivity index (χ4v) is 3.89. The Hall–Kier alpha value is -1.99. The van der Waals surface area contributed by atoms with Gasteiger partial charge in [-0.25, -0.2) is 4.79 Å². The summed E-state index contributed by atoms with van der Waals surface area (Å²) in [6, 6.07) is 3.10. The maximum Gasteiger partial charge on any atom is 0.319 e. The second kappa shape index (κ2) is 7.72. The Morgan fingerprint density at radius 3 is 2.65 bits per heavy atom. The second-order valence-electron chi connectivity index (χ2n) is 6.48. The highest BCUT2D eigenvalue weighted by Gasteiger charge is 2.46. The van der Waals surface area contributed by atoms with Gasteiger partial charge < -0.3 is 20.9 Å². The molecule has 3 atom stereocenters. The number of piperazine rings is 1. The van der Waals surface area contributed by atoms with E-state index in [1.165, 1.54) is 0 Å². The van der Waals surface area contributed by atoms with Crippen LogP contribution in [0.15, 0.2) is 18.2 Å². The van der Waals surface area contributed by atoms with Crippen LogP contribution in [0.4, 0.5) is 10.5 Å². The highest BCUT2D eigenvalue weighted by Crippen LogP contribution is 2.30. The fourth-order valence-electron chi connectivity index (χ4n) is 3.40. The molecular weight excluding hydrogens is 379 g/mol. The maximum absolute atomic E-state index is 12.5. The molecule has 26 heavy (non-hydrogen) atoms. The summed E-state index contributed by atoms with van der Waals surface area (Å²) >= 11 is 12.1. The molecule has 0 aromatic heterocycles. The molecule has 2 aliphatic rings. The molecule has 2 heterocycles. The fraction of sp³-hybridized carbons (Fsp3) is 0.471. The number of nitrogens with one attached hydrogen (secondary N) is 3. The van der Waals surface area contributed by atoms with Crippen molar-refractivity contribution in [3.8, 4) is 0 Å². The number of halogens is 2. The van der Waals surface area contributed by atoms with Crippen LogP contribution in [0.3, 0.4) is 0 Å². The van der Waals surface area contributed by atoms with E-state index in [0.717, 1.165) is 6.42 Å². The molecular formula is C17H20Cl2N4O3. The standard InChI is InChI=1S/C17H20Cl2N4O3/c1-2-4-12-16(25)23-8-9(7-13(23)15(24)21-12)20-17(26)22-14-10(18)5-3-6-11(14)19/h3,5-6,9,12-13H,2,4,7-8H2,1H3,(H,21,24)(H2,20,22,26)/t9-,12-,13-/m0/s1. The summed E-state index contributed by atoms with van der Waals surface area (Å²) in [6.07, 6.45) is 1.79. The minimum atomic E-state index is -0.537. The topological polar surface area (TPSA) is 90.5 Å². The predicted octanol–water partition coefficient (Wildman–Crippen LogP) is 2.38. The number of carbonyl (C=O) groups is 3. The number of rotatable bonds is 4. The first-order chi connectivity index (χ1) is 12.4. The highest BCUT2D eigenvalue weighted by atomic mass is 35.5. The van der Waals surface area contributed by atoms with Gasteiger partial charge in [-0.1, -0.05) is 42.6 Å². The van der Waals surface area contributed by atoms with Gasteiger partial charge in [0.15, 0.2) is 0 Å². The van der Waals surface area contributed by atoms with Gasteiger partial charge in [-0.2, -0.15) is 0 Å². The summed E-state index contributed by atoms with van der Waals surface area (Å²) < 4.78 is 0. The van der Waals surface area contributed by atoms with Crippen LogP contribution in [0, 0.1) is 0 Å². The number of amides is 4. The zero-order valence-corrected chi connectivity index (χ0v) is 15.7. The van der Waals surface area contributed by atoms with Crippen molar-refractivity contribution < 1.29 is 14.4 Å². The highest BCUT2D eigenvalue weighted by molar-refractivity contribution is 6.39. The molecule has 0 radical (unpaired) electrons. The van der Waals surface area contributed by atoms with Gasteiger partial charge in [0.1, 0.15) is 12.1 Å². The summed E-state index contributed by atoms with van der Waals surface area (Å²) in [6.45, 7) is 2.27. The Balaban J connectivity index is 1.63. The van der Waals surface area contributed by atoms with Crippen molar-refractivity contribution in [1.82, 2.24) is 15.5 Å². The van der Waals surface area contributed by atoms with E-state index in [4.69, 9.17) is 23.2 Å². The lowest BCUT2D eigenvalue weighted by Gasteiger charge is -2.34. The largest absolute Gasteiger partial charge is 0.343 e. The Bertz CT molecular complexity index is 722. The van der Waals surface area contributed by atoms with Crippen molar-refractivity contribution in [1.29, 1.82) is 0 Å². The first-order valence-corrected chi connectivity index (χ1v) is 9.28. The summed E-state index contributed by atoms with van der Waals surface area (Å²) in [5.41, 5.74) is 0.320. The van der Waals surface area contributed by atoms with Crippen LogP contribution in [-0.2, 0) is 9.59 Å². The average molecular weight is 399 g/mol. The van der Waals surface area contributed by atoms with Crippen LogP contribution in [0.5, 0.6) is 0 Å². The monoisotopic (exact) mass is 398 g/mol.